The minimum Gasteiger partial charge on any atom is -0.364 e. The monoisotopic (exact) mass is 346 g/mol. The van der Waals surface area contributed by atoms with Crippen molar-refractivity contribution in [2.75, 3.05) is 5.32 Å². The zero-order chi connectivity index (χ0) is 17.1. The fraction of sp³-hybridized carbons (Fsp3) is 0.235. The molecule has 0 saturated carbocycles. The molecule has 0 saturated heterocycles. The van der Waals surface area contributed by atoms with E-state index >= 15 is 0 Å². The number of alkyl halides is 2. The molecule has 0 fully saturated rings. The van der Waals surface area contributed by atoms with E-state index in [0.717, 1.165) is 16.3 Å². The first-order valence-electron chi connectivity index (χ1n) is 7.40. The fourth-order valence-electron chi connectivity index (χ4n) is 2.19. The molecule has 0 aliphatic rings. The first-order chi connectivity index (χ1) is 11.5. The van der Waals surface area contributed by atoms with E-state index < -0.39 is 6.43 Å². The van der Waals surface area contributed by atoms with Gasteiger partial charge in [0.05, 0.1) is 12.2 Å². The van der Waals surface area contributed by atoms with Gasteiger partial charge in [-0.3, -0.25) is 0 Å². The summed E-state index contributed by atoms with van der Waals surface area (Å²) in [7, 11) is 0. The summed E-state index contributed by atoms with van der Waals surface area (Å²) in [6, 6.07) is 9.43. The molecule has 4 nitrogen and oxygen atoms in total. The molecule has 0 bridgehead atoms. The number of rotatable bonds is 5. The Morgan fingerprint density at radius 3 is 2.54 bits per heavy atom. The minimum atomic E-state index is -2.61. The van der Waals surface area contributed by atoms with Crippen LogP contribution in [0.15, 0.2) is 35.7 Å². The van der Waals surface area contributed by atoms with Crippen molar-refractivity contribution >= 4 is 17.2 Å². The van der Waals surface area contributed by atoms with E-state index in [2.05, 4.69) is 20.3 Å². The molecule has 0 aliphatic carbocycles. The Labute approximate surface area is 142 Å². The van der Waals surface area contributed by atoms with Gasteiger partial charge in [-0.2, -0.15) is 0 Å². The van der Waals surface area contributed by atoms with Crippen LogP contribution in [0.3, 0.4) is 0 Å². The van der Waals surface area contributed by atoms with Gasteiger partial charge in [-0.25, -0.2) is 23.7 Å². The highest BCUT2D eigenvalue weighted by molar-refractivity contribution is 7.13. The fourth-order valence-corrected chi connectivity index (χ4v) is 3.02. The number of nitrogens with zero attached hydrogens (tertiary/aromatic N) is 3. The van der Waals surface area contributed by atoms with Crippen LogP contribution < -0.4 is 5.32 Å². The summed E-state index contributed by atoms with van der Waals surface area (Å²) in [4.78, 5) is 12.4. The second kappa shape index (κ2) is 7.00. The quantitative estimate of drug-likeness (QED) is 0.723. The van der Waals surface area contributed by atoms with Crippen molar-refractivity contribution in [2.45, 2.75) is 26.8 Å². The summed E-state index contributed by atoms with van der Waals surface area (Å²) < 4.78 is 25.6. The Kier molecular flexibility index (Phi) is 4.80. The van der Waals surface area contributed by atoms with Crippen LogP contribution >= 0.6 is 11.3 Å². The van der Waals surface area contributed by atoms with E-state index in [1.54, 1.807) is 18.3 Å². The summed E-state index contributed by atoms with van der Waals surface area (Å²) in [5.41, 5.74) is 2.83. The summed E-state index contributed by atoms with van der Waals surface area (Å²) in [6.07, 6.45) is -2.61. The zero-order valence-electron chi connectivity index (χ0n) is 13.3. The molecule has 2 aromatic heterocycles. The number of aryl methyl sites for hydroxylation is 2. The van der Waals surface area contributed by atoms with Crippen LogP contribution in [0.2, 0.25) is 0 Å². The SMILES string of the molecule is Cc1ccc(-c2nc(CNc3cc(C(F)F)nc(C)n3)cs2)cc1. The Morgan fingerprint density at radius 2 is 1.83 bits per heavy atom. The first kappa shape index (κ1) is 16.4. The summed E-state index contributed by atoms with van der Waals surface area (Å²) in [5, 5.41) is 5.91. The molecule has 1 aromatic carbocycles. The molecule has 0 unspecified atom stereocenters. The zero-order valence-corrected chi connectivity index (χ0v) is 14.1. The van der Waals surface area contributed by atoms with Crippen molar-refractivity contribution in [2.24, 2.45) is 0 Å². The number of aromatic nitrogens is 3. The minimum absolute atomic E-state index is 0.274. The largest absolute Gasteiger partial charge is 0.364 e. The Bertz CT molecular complexity index is 831. The van der Waals surface area contributed by atoms with Gasteiger partial charge in [0, 0.05) is 17.0 Å². The molecule has 0 amide bonds. The molecule has 3 aromatic rings. The van der Waals surface area contributed by atoms with E-state index in [-0.39, 0.29) is 5.69 Å². The molecule has 1 N–H and O–H groups in total. The average Bonchev–Trinajstić information content (AvgIpc) is 3.02. The molecule has 0 atom stereocenters. The molecule has 0 aliphatic heterocycles. The van der Waals surface area contributed by atoms with Gasteiger partial charge in [-0.1, -0.05) is 29.8 Å². The maximum atomic E-state index is 12.8. The molecule has 124 valence electrons. The molecule has 3 rings (SSSR count). The predicted octanol–water partition coefficient (Wildman–Crippen LogP) is 4.77. The lowest BCUT2D eigenvalue weighted by Crippen LogP contribution is -2.05. The van der Waals surface area contributed by atoms with Crippen molar-refractivity contribution in [1.82, 2.24) is 15.0 Å². The van der Waals surface area contributed by atoms with Gasteiger partial charge in [-0.15, -0.1) is 11.3 Å². The highest BCUT2D eigenvalue weighted by atomic mass is 32.1. The number of benzene rings is 1. The number of hydrogen-bond acceptors (Lipinski definition) is 5. The lowest BCUT2D eigenvalue weighted by molar-refractivity contribution is 0.145. The number of thiazole rings is 1. The topological polar surface area (TPSA) is 50.7 Å². The van der Waals surface area contributed by atoms with E-state index in [1.165, 1.54) is 11.6 Å². The smallest absolute Gasteiger partial charge is 0.280 e. The third-order valence-electron chi connectivity index (χ3n) is 3.38. The Balaban J connectivity index is 1.70. The lowest BCUT2D eigenvalue weighted by Gasteiger charge is -2.07. The predicted molar refractivity (Wildman–Crippen MR) is 91.3 cm³/mol. The lowest BCUT2D eigenvalue weighted by atomic mass is 10.2. The summed E-state index contributed by atoms with van der Waals surface area (Å²) in [6.45, 7) is 4.05. The normalized spacial score (nSPS) is 11.0. The maximum Gasteiger partial charge on any atom is 0.280 e. The van der Waals surface area contributed by atoms with Crippen molar-refractivity contribution in [3.8, 4) is 10.6 Å². The van der Waals surface area contributed by atoms with Gasteiger partial charge in [0.15, 0.2) is 0 Å². The maximum absolute atomic E-state index is 12.8. The average molecular weight is 346 g/mol. The van der Waals surface area contributed by atoms with Crippen molar-refractivity contribution in [3.63, 3.8) is 0 Å². The molecule has 2 heterocycles. The van der Waals surface area contributed by atoms with Crippen molar-refractivity contribution < 1.29 is 8.78 Å². The van der Waals surface area contributed by atoms with Gasteiger partial charge in [0.2, 0.25) is 0 Å². The van der Waals surface area contributed by atoms with Crippen LogP contribution in [-0.2, 0) is 6.54 Å². The van der Waals surface area contributed by atoms with Crippen molar-refractivity contribution in [3.05, 3.63) is 58.5 Å². The molecular formula is C17H16F2N4S. The van der Waals surface area contributed by atoms with Crippen LogP contribution in [0.5, 0.6) is 0 Å². The third kappa shape index (κ3) is 3.91. The second-order valence-corrected chi connectivity index (χ2v) is 6.25. The number of halogens is 2. The highest BCUT2D eigenvalue weighted by Crippen LogP contribution is 2.24. The molecule has 0 radical (unpaired) electrons. The van der Waals surface area contributed by atoms with Gasteiger partial charge in [0.25, 0.3) is 6.43 Å². The van der Waals surface area contributed by atoms with Crippen molar-refractivity contribution in [1.29, 1.82) is 0 Å². The molecular weight excluding hydrogens is 330 g/mol. The second-order valence-electron chi connectivity index (χ2n) is 5.39. The van der Waals surface area contributed by atoms with Crippen LogP contribution in [0.25, 0.3) is 10.6 Å². The van der Waals surface area contributed by atoms with Gasteiger partial charge in [-0.05, 0) is 13.8 Å². The van der Waals surface area contributed by atoms with Crippen LogP contribution in [0.1, 0.15) is 29.2 Å². The first-order valence-corrected chi connectivity index (χ1v) is 8.28. The highest BCUT2D eigenvalue weighted by Gasteiger charge is 2.12. The Hall–Kier alpha value is -2.41. The van der Waals surface area contributed by atoms with E-state index in [1.807, 2.05) is 36.6 Å². The number of hydrogen-bond donors (Lipinski definition) is 1. The van der Waals surface area contributed by atoms with E-state index in [0.29, 0.717) is 18.2 Å². The van der Waals surface area contributed by atoms with Crippen LogP contribution in [0.4, 0.5) is 14.6 Å². The van der Waals surface area contributed by atoms with Gasteiger partial charge in [0.1, 0.15) is 22.3 Å². The summed E-state index contributed by atoms with van der Waals surface area (Å²) in [5.74, 6) is 0.691. The third-order valence-corrected chi connectivity index (χ3v) is 4.32. The van der Waals surface area contributed by atoms with Crippen LogP contribution in [-0.4, -0.2) is 15.0 Å². The number of anilines is 1. The molecule has 0 spiro atoms. The standard InChI is InChI=1S/C17H16F2N4S/c1-10-3-5-12(6-4-10)17-23-13(9-24-17)8-20-15-7-14(16(18)19)21-11(2)22-15/h3-7,9,16H,8H2,1-2H3,(H,20,21,22). The van der Waals surface area contributed by atoms with Gasteiger partial charge >= 0.3 is 0 Å². The Morgan fingerprint density at radius 1 is 1.08 bits per heavy atom. The van der Waals surface area contributed by atoms with Gasteiger partial charge < -0.3 is 5.32 Å². The molecule has 7 heteroatoms. The van der Waals surface area contributed by atoms with E-state index in [4.69, 9.17) is 0 Å². The van der Waals surface area contributed by atoms with Crippen LogP contribution in [0, 0.1) is 13.8 Å². The number of nitrogens with one attached hydrogen (secondary N) is 1. The van der Waals surface area contributed by atoms with E-state index in [9.17, 15) is 8.78 Å². The molecule has 24 heavy (non-hydrogen) atoms. The summed E-state index contributed by atoms with van der Waals surface area (Å²) >= 11 is 1.55.